The SMILES string of the molecule is CCC(O)CSCC(O)CCl. The summed E-state index contributed by atoms with van der Waals surface area (Å²) in [6.45, 7) is 1.93. The summed E-state index contributed by atoms with van der Waals surface area (Å²) in [5.74, 6) is 1.57. The summed E-state index contributed by atoms with van der Waals surface area (Å²) in [5.41, 5.74) is 0. The first-order valence-electron chi connectivity index (χ1n) is 3.70. The molecule has 0 aliphatic carbocycles. The molecule has 0 aliphatic rings. The Balaban J connectivity index is 3.13. The molecule has 0 rings (SSSR count). The van der Waals surface area contributed by atoms with Gasteiger partial charge in [0.1, 0.15) is 0 Å². The smallest absolute Gasteiger partial charge is 0.0765 e. The largest absolute Gasteiger partial charge is 0.392 e. The molecule has 0 radical (unpaired) electrons. The standard InChI is InChI=1S/C7H15ClO2S/c1-2-6(9)4-11-5-7(10)3-8/h6-7,9-10H,2-5H2,1H3. The molecule has 0 heterocycles. The number of hydrogen-bond donors (Lipinski definition) is 2. The Morgan fingerprint density at radius 3 is 2.27 bits per heavy atom. The van der Waals surface area contributed by atoms with E-state index in [9.17, 15) is 0 Å². The van der Waals surface area contributed by atoms with E-state index in [1.165, 1.54) is 11.8 Å². The second-order valence-corrected chi connectivity index (χ2v) is 3.79. The van der Waals surface area contributed by atoms with Crippen molar-refractivity contribution in [2.24, 2.45) is 0 Å². The van der Waals surface area contributed by atoms with Gasteiger partial charge < -0.3 is 10.2 Å². The van der Waals surface area contributed by atoms with Crippen LogP contribution in [-0.4, -0.2) is 39.8 Å². The molecule has 0 aromatic carbocycles. The van der Waals surface area contributed by atoms with E-state index >= 15 is 0 Å². The summed E-state index contributed by atoms with van der Waals surface area (Å²) in [6, 6.07) is 0. The minimum atomic E-state index is -0.439. The van der Waals surface area contributed by atoms with Gasteiger partial charge in [0.15, 0.2) is 0 Å². The fourth-order valence-electron chi connectivity index (χ4n) is 0.503. The molecule has 68 valence electrons. The predicted octanol–water partition coefficient (Wildman–Crippen LogP) is 1.09. The maximum absolute atomic E-state index is 9.11. The predicted molar refractivity (Wildman–Crippen MR) is 50.3 cm³/mol. The fourth-order valence-corrected chi connectivity index (χ4v) is 1.77. The highest BCUT2D eigenvalue weighted by Gasteiger charge is 2.04. The van der Waals surface area contributed by atoms with Crippen molar-refractivity contribution in [1.29, 1.82) is 0 Å². The lowest BCUT2D eigenvalue weighted by atomic mass is 10.3. The van der Waals surface area contributed by atoms with Crippen LogP contribution in [0.4, 0.5) is 0 Å². The number of aliphatic hydroxyl groups excluding tert-OH is 2. The van der Waals surface area contributed by atoms with Gasteiger partial charge >= 0.3 is 0 Å². The third-order valence-corrected chi connectivity index (χ3v) is 2.87. The number of hydrogen-bond acceptors (Lipinski definition) is 3. The molecule has 2 N–H and O–H groups in total. The Labute approximate surface area is 76.9 Å². The highest BCUT2D eigenvalue weighted by molar-refractivity contribution is 7.99. The monoisotopic (exact) mass is 198 g/mol. The molecule has 0 aromatic rings. The van der Waals surface area contributed by atoms with E-state index < -0.39 is 6.10 Å². The van der Waals surface area contributed by atoms with Crippen molar-refractivity contribution in [3.8, 4) is 0 Å². The summed E-state index contributed by atoms with van der Waals surface area (Å²) in [7, 11) is 0. The molecule has 0 saturated heterocycles. The Bertz CT molecular complexity index is 82.5. The summed E-state index contributed by atoms with van der Waals surface area (Å²) in [5, 5.41) is 18.1. The highest BCUT2D eigenvalue weighted by Crippen LogP contribution is 2.07. The van der Waals surface area contributed by atoms with E-state index in [0.29, 0.717) is 11.5 Å². The Morgan fingerprint density at radius 1 is 1.27 bits per heavy atom. The van der Waals surface area contributed by atoms with Gasteiger partial charge in [0, 0.05) is 17.4 Å². The normalized spacial score (nSPS) is 16.4. The van der Waals surface area contributed by atoms with Crippen molar-refractivity contribution in [3.05, 3.63) is 0 Å². The van der Waals surface area contributed by atoms with Crippen molar-refractivity contribution in [3.63, 3.8) is 0 Å². The van der Waals surface area contributed by atoms with Crippen molar-refractivity contribution in [2.45, 2.75) is 25.6 Å². The summed E-state index contributed by atoms with van der Waals surface area (Å²) in [4.78, 5) is 0. The third-order valence-electron chi connectivity index (χ3n) is 1.27. The van der Waals surface area contributed by atoms with Crippen LogP contribution >= 0.6 is 23.4 Å². The number of rotatable bonds is 6. The molecule has 2 unspecified atom stereocenters. The van der Waals surface area contributed by atoms with Gasteiger partial charge in [-0.15, -0.1) is 11.6 Å². The number of aliphatic hydroxyl groups is 2. The first-order chi connectivity index (χ1) is 5.20. The first kappa shape index (κ1) is 11.6. The van der Waals surface area contributed by atoms with Gasteiger partial charge in [-0.1, -0.05) is 6.92 Å². The molecule has 0 amide bonds. The van der Waals surface area contributed by atoms with Crippen LogP contribution in [0, 0.1) is 0 Å². The van der Waals surface area contributed by atoms with Gasteiger partial charge in [0.05, 0.1) is 12.2 Å². The minimum Gasteiger partial charge on any atom is -0.392 e. The van der Waals surface area contributed by atoms with Gasteiger partial charge in [-0.2, -0.15) is 11.8 Å². The maximum Gasteiger partial charge on any atom is 0.0765 e. The first-order valence-corrected chi connectivity index (χ1v) is 5.39. The molecule has 4 heteroatoms. The molecule has 0 bridgehead atoms. The topological polar surface area (TPSA) is 40.5 Å². The molecular weight excluding hydrogens is 184 g/mol. The van der Waals surface area contributed by atoms with E-state index in [2.05, 4.69) is 0 Å². The van der Waals surface area contributed by atoms with Crippen LogP contribution in [0.3, 0.4) is 0 Å². The van der Waals surface area contributed by atoms with Gasteiger partial charge in [-0.25, -0.2) is 0 Å². The zero-order chi connectivity index (χ0) is 8.69. The van der Waals surface area contributed by atoms with E-state index in [4.69, 9.17) is 21.8 Å². The molecule has 0 aromatic heterocycles. The molecule has 0 fully saturated rings. The lowest BCUT2D eigenvalue weighted by molar-refractivity contribution is 0.194. The Morgan fingerprint density at radius 2 is 1.82 bits per heavy atom. The number of thioether (sulfide) groups is 1. The molecule has 0 aliphatic heterocycles. The van der Waals surface area contributed by atoms with E-state index in [-0.39, 0.29) is 12.0 Å². The van der Waals surface area contributed by atoms with Crippen LogP contribution in [0.15, 0.2) is 0 Å². The third kappa shape index (κ3) is 6.94. The second-order valence-electron chi connectivity index (χ2n) is 2.41. The highest BCUT2D eigenvalue weighted by atomic mass is 35.5. The zero-order valence-corrected chi connectivity index (χ0v) is 8.24. The van der Waals surface area contributed by atoms with Crippen molar-refractivity contribution < 1.29 is 10.2 Å². The van der Waals surface area contributed by atoms with Crippen LogP contribution in [0.2, 0.25) is 0 Å². The minimum absolute atomic E-state index is 0.248. The van der Waals surface area contributed by atoms with Crippen LogP contribution in [0.25, 0.3) is 0 Å². The average Bonchev–Trinajstić information content (AvgIpc) is 2.04. The molecule has 11 heavy (non-hydrogen) atoms. The van der Waals surface area contributed by atoms with E-state index in [1.807, 2.05) is 6.92 Å². The van der Waals surface area contributed by atoms with E-state index in [1.54, 1.807) is 0 Å². The average molecular weight is 199 g/mol. The zero-order valence-electron chi connectivity index (χ0n) is 6.66. The number of alkyl halides is 1. The lowest BCUT2D eigenvalue weighted by Crippen LogP contribution is -2.15. The second kappa shape index (κ2) is 7.22. The molecule has 2 atom stereocenters. The van der Waals surface area contributed by atoms with Crippen LogP contribution in [0.5, 0.6) is 0 Å². The van der Waals surface area contributed by atoms with Gasteiger partial charge in [0.25, 0.3) is 0 Å². The van der Waals surface area contributed by atoms with Crippen LogP contribution in [-0.2, 0) is 0 Å². The number of halogens is 1. The van der Waals surface area contributed by atoms with Crippen molar-refractivity contribution in [2.75, 3.05) is 17.4 Å². The molecule has 2 nitrogen and oxygen atoms in total. The van der Waals surface area contributed by atoms with E-state index in [0.717, 1.165) is 6.42 Å². The summed E-state index contributed by atoms with van der Waals surface area (Å²) in [6.07, 6.45) is 0.0810. The van der Waals surface area contributed by atoms with Crippen molar-refractivity contribution in [1.82, 2.24) is 0 Å². The quantitative estimate of drug-likeness (QED) is 0.628. The van der Waals surface area contributed by atoms with Crippen LogP contribution in [0.1, 0.15) is 13.3 Å². The van der Waals surface area contributed by atoms with Gasteiger partial charge in [-0.3, -0.25) is 0 Å². The Kier molecular flexibility index (Phi) is 7.59. The molecule has 0 saturated carbocycles. The fraction of sp³-hybridized carbons (Fsp3) is 1.00. The maximum atomic E-state index is 9.11. The van der Waals surface area contributed by atoms with Gasteiger partial charge in [-0.05, 0) is 6.42 Å². The lowest BCUT2D eigenvalue weighted by Gasteiger charge is -2.08. The Hall–Kier alpha value is 0.560. The van der Waals surface area contributed by atoms with Crippen molar-refractivity contribution >= 4 is 23.4 Å². The van der Waals surface area contributed by atoms with Gasteiger partial charge in [0.2, 0.25) is 0 Å². The summed E-state index contributed by atoms with van der Waals surface area (Å²) >= 11 is 6.91. The molecular formula is C7H15ClO2S. The molecule has 0 spiro atoms. The van der Waals surface area contributed by atoms with Crippen LogP contribution < -0.4 is 0 Å². The summed E-state index contributed by atoms with van der Waals surface area (Å²) < 4.78 is 0.